The lowest BCUT2D eigenvalue weighted by atomic mass is 10.0. The molecule has 0 heterocycles. The number of aliphatic hydroxyl groups is 1. The van der Waals surface area contributed by atoms with Gasteiger partial charge in [-0.05, 0) is 11.1 Å². The van der Waals surface area contributed by atoms with Crippen LogP contribution in [-0.4, -0.2) is 17.5 Å². The van der Waals surface area contributed by atoms with E-state index in [2.05, 4.69) is 6.58 Å². The predicted molar refractivity (Wildman–Crippen MR) is 52.2 cm³/mol. The maximum atomic E-state index is 10.2. The van der Waals surface area contributed by atoms with Crippen LogP contribution in [0.5, 0.6) is 0 Å². The first-order chi connectivity index (χ1) is 6.24. The van der Waals surface area contributed by atoms with Crippen LogP contribution in [0.25, 0.3) is 5.57 Å². The summed E-state index contributed by atoms with van der Waals surface area (Å²) in [6.07, 6.45) is -0.116. The first-order valence-electron chi connectivity index (χ1n) is 4.10. The fourth-order valence-electron chi connectivity index (χ4n) is 1.09. The number of aldehydes is 1. The molecular weight excluding hydrogens is 164 g/mol. The monoisotopic (exact) mass is 176 g/mol. The van der Waals surface area contributed by atoms with Gasteiger partial charge in [0.25, 0.3) is 0 Å². The Morgan fingerprint density at radius 3 is 2.62 bits per heavy atom. The normalized spacial score (nSPS) is 12.1. The summed E-state index contributed by atoms with van der Waals surface area (Å²) in [5.41, 5.74) is 1.74. The molecular formula is C11H12O2. The highest BCUT2D eigenvalue weighted by atomic mass is 16.3. The number of hydrogen-bond acceptors (Lipinski definition) is 2. The van der Waals surface area contributed by atoms with Gasteiger partial charge in [-0.25, -0.2) is 0 Å². The minimum Gasteiger partial charge on any atom is -0.385 e. The molecule has 0 saturated heterocycles. The highest BCUT2D eigenvalue weighted by Gasteiger charge is 2.05. The second kappa shape index (κ2) is 4.58. The molecule has 1 atom stereocenters. The van der Waals surface area contributed by atoms with Crippen molar-refractivity contribution in [2.24, 2.45) is 0 Å². The molecule has 1 aromatic carbocycles. The standard InChI is InChI=1S/C11H12O2/c1-9(7-11(13)8-12)10-5-3-2-4-6-10/h2-6,8,11,13H,1,7H2. The number of rotatable bonds is 4. The summed E-state index contributed by atoms with van der Waals surface area (Å²) < 4.78 is 0. The van der Waals surface area contributed by atoms with E-state index in [1.165, 1.54) is 0 Å². The van der Waals surface area contributed by atoms with Crippen molar-refractivity contribution < 1.29 is 9.90 Å². The minimum absolute atomic E-state index is 0.299. The van der Waals surface area contributed by atoms with E-state index in [4.69, 9.17) is 5.11 Å². The third kappa shape index (κ3) is 2.84. The fraction of sp³-hybridized carbons (Fsp3) is 0.182. The zero-order valence-corrected chi connectivity index (χ0v) is 7.31. The Kier molecular flexibility index (Phi) is 3.41. The Hall–Kier alpha value is -1.41. The van der Waals surface area contributed by atoms with Crippen molar-refractivity contribution in [3.63, 3.8) is 0 Å². The van der Waals surface area contributed by atoms with E-state index in [1.54, 1.807) is 0 Å². The molecule has 0 bridgehead atoms. The molecule has 0 spiro atoms. The molecule has 0 aliphatic heterocycles. The lowest BCUT2D eigenvalue weighted by molar-refractivity contribution is -0.114. The Morgan fingerprint density at radius 2 is 2.08 bits per heavy atom. The molecule has 0 fully saturated rings. The minimum atomic E-state index is -0.937. The van der Waals surface area contributed by atoms with Crippen LogP contribution in [0.3, 0.4) is 0 Å². The second-order valence-electron chi connectivity index (χ2n) is 2.88. The molecule has 68 valence electrons. The number of aliphatic hydroxyl groups excluding tert-OH is 1. The van der Waals surface area contributed by atoms with Gasteiger partial charge >= 0.3 is 0 Å². The van der Waals surface area contributed by atoms with E-state index in [0.717, 1.165) is 11.1 Å². The highest BCUT2D eigenvalue weighted by molar-refractivity contribution is 5.68. The molecule has 1 aromatic rings. The van der Waals surface area contributed by atoms with E-state index < -0.39 is 6.10 Å². The van der Waals surface area contributed by atoms with E-state index in [0.29, 0.717) is 12.7 Å². The maximum Gasteiger partial charge on any atom is 0.148 e. The molecule has 0 amide bonds. The van der Waals surface area contributed by atoms with Gasteiger partial charge in [-0.2, -0.15) is 0 Å². The van der Waals surface area contributed by atoms with Crippen molar-refractivity contribution in [3.8, 4) is 0 Å². The van der Waals surface area contributed by atoms with Crippen molar-refractivity contribution in [1.29, 1.82) is 0 Å². The van der Waals surface area contributed by atoms with E-state index >= 15 is 0 Å². The van der Waals surface area contributed by atoms with Gasteiger partial charge in [-0.15, -0.1) is 0 Å². The third-order valence-corrected chi connectivity index (χ3v) is 1.79. The zero-order valence-electron chi connectivity index (χ0n) is 7.31. The smallest absolute Gasteiger partial charge is 0.148 e. The Morgan fingerprint density at radius 1 is 1.46 bits per heavy atom. The van der Waals surface area contributed by atoms with Crippen LogP contribution in [0.1, 0.15) is 12.0 Å². The Labute approximate surface area is 77.5 Å². The quantitative estimate of drug-likeness (QED) is 0.708. The van der Waals surface area contributed by atoms with Crippen LogP contribution in [0.2, 0.25) is 0 Å². The van der Waals surface area contributed by atoms with E-state index in [-0.39, 0.29) is 0 Å². The number of carbonyl (C=O) groups excluding carboxylic acids is 1. The summed E-state index contributed by atoms with van der Waals surface area (Å²) in [6.45, 7) is 3.79. The maximum absolute atomic E-state index is 10.2. The van der Waals surface area contributed by atoms with Crippen LogP contribution in [0.15, 0.2) is 36.9 Å². The van der Waals surface area contributed by atoms with Crippen LogP contribution >= 0.6 is 0 Å². The summed E-state index contributed by atoms with van der Waals surface area (Å²) in [4.78, 5) is 10.2. The van der Waals surface area contributed by atoms with Crippen LogP contribution in [0, 0.1) is 0 Å². The number of benzene rings is 1. The number of hydrogen-bond donors (Lipinski definition) is 1. The third-order valence-electron chi connectivity index (χ3n) is 1.79. The Balaban J connectivity index is 2.64. The Bertz CT molecular complexity index is 290. The van der Waals surface area contributed by atoms with Gasteiger partial charge in [-0.3, -0.25) is 0 Å². The van der Waals surface area contributed by atoms with Crippen molar-refractivity contribution in [3.05, 3.63) is 42.5 Å². The molecule has 2 nitrogen and oxygen atoms in total. The van der Waals surface area contributed by atoms with E-state index in [9.17, 15) is 4.79 Å². The van der Waals surface area contributed by atoms with Crippen LogP contribution in [0.4, 0.5) is 0 Å². The summed E-state index contributed by atoms with van der Waals surface area (Å²) in [6, 6.07) is 9.51. The fourth-order valence-corrected chi connectivity index (χ4v) is 1.09. The number of carbonyl (C=O) groups is 1. The van der Waals surface area contributed by atoms with Gasteiger partial charge in [0.15, 0.2) is 0 Å². The molecule has 0 saturated carbocycles. The molecule has 0 aliphatic carbocycles. The SMILES string of the molecule is C=C(CC(O)C=O)c1ccccc1. The van der Waals surface area contributed by atoms with Crippen LogP contribution < -0.4 is 0 Å². The van der Waals surface area contributed by atoms with Crippen molar-refractivity contribution in [2.45, 2.75) is 12.5 Å². The average molecular weight is 176 g/mol. The molecule has 2 heteroatoms. The predicted octanol–water partition coefficient (Wildman–Crippen LogP) is 1.65. The van der Waals surface area contributed by atoms with Gasteiger partial charge in [0.1, 0.15) is 12.4 Å². The van der Waals surface area contributed by atoms with Gasteiger partial charge in [0.05, 0.1) is 0 Å². The first-order valence-corrected chi connectivity index (χ1v) is 4.10. The van der Waals surface area contributed by atoms with Gasteiger partial charge < -0.3 is 9.90 Å². The molecule has 0 radical (unpaired) electrons. The summed E-state index contributed by atoms with van der Waals surface area (Å²) in [7, 11) is 0. The largest absolute Gasteiger partial charge is 0.385 e. The van der Waals surface area contributed by atoms with Gasteiger partial charge in [-0.1, -0.05) is 36.9 Å². The van der Waals surface area contributed by atoms with Crippen LogP contribution in [-0.2, 0) is 4.79 Å². The molecule has 0 aliphatic rings. The highest BCUT2D eigenvalue weighted by Crippen LogP contribution is 2.16. The van der Waals surface area contributed by atoms with E-state index in [1.807, 2.05) is 30.3 Å². The summed E-state index contributed by atoms with van der Waals surface area (Å²) in [5.74, 6) is 0. The molecule has 1 unspecified atom stereocenters. The molecule has 0 aromatic heterocycles. The van der Waals surface area contributed by atoms with Gasteiger partial charge in [0, 0.05) is 6.42 Å². The first kappa shape index (κ1) is 9.68. The average Bonchev–Trinajstić information content (AvgIpc) is 2.19. The molecule has 13 heavy (non-hydrogen) atoms. The van der Waals surface area contributed by atoms with Crippen molar-refractivity contribution in [1.82, 2.24) is 0 Å². The van der Waals surface area contributed by atoms with Crippen molar-refractivity contribution in [2.75, 3.05) is 0 Å². The summed E-state index contributed by atoms with van der Waals surface area (Å²) >= 11 is 0. The zero-order chi connectivity index (χ0) is 9.68. The van der Waals surface area contributed by atoms with Crippen molar-refractivity contribution >= 4 is 11.9 Å². The summed E-state index contributed by atoms with van der Waals surface area (Å²) in [5, 5.41) is 9.06. The second-order valence-corrected chi connectivity index (χ2v) is 2.88. The molecule has 1 N–H and O–H groups in total. The molecule has 1 rings (SSSR count). The lowest BCUT2D eigenvalue weighted by Gasteiger charge is -2.06. The van der Waals surface area contributed by atoms with Gasteiger partial charge in [0.2, 0.25) is 0 Å². The topological polar surface area (TPSA) is 37.3 Å². The lowest BCUT2D eigenvalue weighted by Crippen LogP contribution is -2.07.